The molecule has 0 saturated carbocycles. The Morgan fingerprint density at radius 1 is 1.08 bits per heavy atom. The van der Waals surface area contributed by atoms with Crippen LogP contribution in [0.25, 0.3) is 0 Å². The Hall–Kier alpha value is -2.24. The lowest BCUT2D eigenvalue weighted by Gasteiger charge is -2.13. The summed E-state index contributed by atoms with van der Waals surface area (Å²) < 4.78 is 10.4. The molecular weight excluding hydrogens is 377 g/mol. The van der Waals surface area contributed by atoms with Gasteiger partial charge in [-0.15, -0.1) is 0 Å². The molecule has 1 amide bonds. The summed E-state index contributed by atoms with van der Waals surface area (Å²) >= 11 is 11.8. The third-order valence-electron chi connectivity index (χ3n) is 3.88. The Morgan fingerprint density at radius 2 is 1.81 bits per heavy atom. The van der Waals surface area contributed by atoms with Gasteiger partial charge in [-0.1, -0.05) is 35.3 Å². The molecule has 2 aromatic carbocycles. The lowest BCUT2D eigenvalue weighted by Crippen LogP contribution is -2.31. The maximum absolute atomic E-state index is 12.3. The fourth-order valence-corrected chi connectivity index (χ4v) is 2.78. The number of methoxy groups -OCH3 is 2. The number of ether oxygens (including phenoxy) is 2. The van der Waals surface area contributed by atoms with E-state index in [1.807, 2.05) is 12.1 Å². The van der Waals surface area contributed by atoms with E-state index in [9.17, 15) is 9.59 Å². The van der Waals surface area contributed by atoms with Crippen LogP contribution in [0.1, 0.15) is 17.0 Å². The van der Waals surface area contributed by atoms with E-state index in [2.05, 4.69) is 5.32 Å². The molecule has 2 aromatic rings. The van der Waals surface area contributed by atoms with Gasteiger partial charge in [0.1, 0.15) is 12.2 Å². The second-order valence-electron chi connectivity index (χ2n) is 5.52. The van der Waals surface area contributed by atoms with E-state index < -0.39 is 5.92 Å². The first-order chi connectivity index (χ1) is 12.5. The highest BCUT2D eigenvalue weighted by Crippen LogP contribution is 2.28. The highest BCUT2D eigenvalue weighted by atomic mass is 35.5. The number of benzene rings is 2. The summed E-state index contributed by atoms with van der Waals surface area (Å²) in [7, 11) is 3.13. The summed E-state index contributed by atoms with van der Waals surface area (Å²) in [6, 6.07) is 10.2. The summed E-state index contributed by atoms with van der Waals surface area (Å²) in [6.45, 7) is 0.375. The van der Waals surface area contributed by atoms with E-state index in [-0.39, 0.29) is 5.91 Å². The second-order valence-corrected chi connectivity index (χ2v) is 6.33. The van der Waals surface area contributed by atoms with Crippen molar-refractivity contribution in [3.05, 3.63) is 57.6 Å². The molecule has 1 unspecified atom stereocenters. The predicted molar refractivity (Wildman–Crippen MR) is 102 cm³/mol. The number of nitrogens with one attached hydrogen (secondary N) is 1. The monoisotopic (exact) mass is 395 g/mol. The number of aldehydes is 1. The lowest BCUT2D eigenvalue weighted by molar-refractivity contribution is -0.125. The standard InChI is InChI=1S/C19H19Cl2NO4/c1-25-17-6-3-12(9-18(17)26-2)7-8-22-19(24)14(11-23)13-4-5-15(20)16(21)10-13/h3-6,9-11,14H,7-8H2,1-2H3,(H,22,24). The zero-order valence-electron chi connectivity index (χ0n) is 14.4. The molecule has 0 fully saturated rings. The van der Waals surface area contributed by atoms with Gasteiger partial charge in [0, 0.05) is 6.54 Å². The molecule has 0 aliphatic carbocycles. The third kappa shape index (κ3) is 4.90. The fraction of sp³-hybridized carbons (Fsp3) is 0.263. The van der Waals surface area contributed by atoms with Crippen molar-refractivity contribution < 1.29 is 19.1 Å². The third-order valence-corrected chi connectivity index (χ3v) is 4.62. The van der Waals surface area contributed by atoms with Crippen molar-refractivity contribution in [2.75, 3.05) is 20.8 Å². The summed E-state index contributed by atoms with van der Waals surface area (Å²) in [5, 5.41) is 3.43. The molecule has 0 radical (unpaired) electrons. The van der Waals surface area contributed by atoms with Crippen LogP contribution in [-0.4, -0.2) is 33.0 Å². The molecular formula is C19H19Cl2NO4. The largest absolute Gasteiger partial charge is 0.493 e. The van der Waals surface area contributed by atoms with Gasteiger partial charge in [0.25, 0.3) is 0 Å². The van der Waals surface area contributed by atoms with Gasteiger partial charge in [-0.3, -0.25) is 4.79 Å². The molecule has 2 rings (SSSR count). The van der Waals surface area contributed by atoms with Gasteiger partial charge in [0.2, 0.25) is 5.91 Å². The molecule has 0 saturated heterocycles. The minimum atomic E-state index is -0.935. The number of rotatable bonds is 8. The molecule has 0 heterocycles. The molecule has 0 aromatic heterocycles. The van der Waals surface area contributed by atoms with Gasteiger partial charge >= 0.3 is 0 Å². The Balaban J connectivity index is 1.98. The first-order valence-electron chi connectivity index (χ1n) is 7.89. The van der Waals surface area contributed by atoms with Crippen molar-refractivity contribution in [1.29, 1.82) is 0 Å². The van der Waals surface area contributed by atoms with Crippen LogP contribution in [0.3, 0.4) is 0 Å². The van der Waals surface area contributed by atoms with Crippen LogP contribution < -0.4 is 14.8 Å². The SMILES string of the molecule is COc1ccc(CCNC(=O)C(C=O)c2ccc(Cl)c(Cl)c2)cc1OC. The second kappa shape index (κ2) is 9.46. The molecule has 0 bridgehead atoms. The smallest absolute Gasteiger partial charge is 0.234 e. The fourth-order valence-electron chi connectivity index (χ4n) is 2.47. The van der Waals surface area contributed by atoms with E-state index in [0.29, 0.717) is 46.4 Å². The van der Waals surface area contributed by atoms with Crippen LogP contribution in [0.5, 0.6) is 11.5 Å². The Bertz CT molecular complexity index is 795. The van der Waals surface area contributed by atoms with Gasteiger partial charge in [-0.2, -0.15) is 0 Å². The lowest BCUT2D eigenvalue weighted by atomic mass is 10.00. The van der Waals surface area contributed by atoms with Crippen LogP contribution in [0.2, 0.25) is 10.0 Å². The zero-order valence-corrected chi connectivity index (χ0v) is 15.9. The van der Waals surface area contributed by atoms with Crippen molar-refractivity contribution >= 4 is 35.4 Å². The average Bonchev–Trinajstić information content (AvgIpc) is 2.65. The van der Waals surface area contributed by atoms with Crippen LogP contribution in [0.15, 0.2) is 36.4 Å². The van der Waals surface area contributed by atoms with E-state index >= 15 is 0 Å². The van der Waals surface area contributed by atoms with Crippen molar-refractivity contribution in [1.82, 2.24) is 5.32 Å². The van der Waals surface area contributed by atoms with Crippen molar-refractivity contribution in [3.63, 3.8) is 0 Å². The van der Waals surface area contributed by atoms with E-state index in [1.54, 1.807) is 32.4 Å². The van der Waals surface area contributed by atoms with Crippen molar-refractivity contribution in [2.45, 2.75) is 12.3 Å². The number of halogens is 2. The number of hydrogen-bond donors (Lipinski definition) is 1. The summed E-state index contributed by atoms with van der Waals surface area (Å²) in [5.74, 6) is -0.0622. The highest BCUT2D eigenvalue weighted by Gasteiger charge is 2.20. The zero-order chi connectivity index (χ0) is 19.1. The summed E-state index contributed by atoms with van der Waals surface area (Å²) in [5.41, 5.74) is 1.47. The summed E-state index contributed by atoms with van der Waals surface area (Å²) in [6.07, 6.45) is 1.17. The van der Waals surface area contributed by atoms with Gasteiger partial charge in [0.15, 0.2) is 11.5 Å². The van der Waals surface area contributed by atoms with Crippen LogP contribution in [0.4, 0.5) is 0 Å². The van der Waals surface area contributed by atoms with Crippen molar-refractivity contribution in [2.24, 2.45) is 0 Å². The molecule has 138 valence electrons. The molecule has 26 heavy (non-hydrogen) atoms. The Morgan fingerprint density at radius 3 is 2.42 bits per heavy atom. The average molecular weight is 396 g/mol. The quantitative estimate of drug-likeness (QED) is 0.547. The Kier molecular flexibility index (Phi) is 7.30. The predicted octanol–water partition coefficient (Wildman–Crippen LogP) is 3.65. The minimum Gasteiger partial charge on any atom is -0.493 e. The maximum atomic E-state index is 12.3. The molecule has 0 spiro atoms. The molecule has 7 heteroatoms. The van der Waals surface area contributed by atoms with Gasteiger partial charge in [-0.05, 0) is 41.8 Å². The molecule has 0 aliphatic rings. The van der Waals surface area contributed by atoms with Crippen LogP contribution >= 0.6 is 23.2 Å². The van der Waals surface area contributed by atoms with Crippen molar-refractivity contribution in [3.8, 4) is 11.5 Å². The van der Waals surface area contributed by atoms with Crippen LogP contribution in [-0.2, 0) is 16.0 Å². The minimum absolute atomic E-state index is 0.300. The topological polar surface area (TPSA) is 64.6 Å². The van der Waals surface area contributed by atoms with E-state index in [1.165, 1.54) is 6.07 Å². The van der Waals surface area contributed by atoms with Gasteiger partial charge in [-0.25, -0.2) is 0 Å². The first kappa shape index (κ1) is 20.1. The highest BCUT2D eigenvalue weighted by molar-refractivity contribution is 6.42. The Labute approximate surface area is 162 Å². The number of hydrogen-bond acceptors (Lipinski definition) is 4. The first-order valence-corrected chi connectivity index (χ1v) is 8.64. The molecule has 1 N–H and O–H groups in total. The van der Waals surface area contributed by atoms with E-state index in [0.717, 1.165) is 5.56 Å². The van der Waals surface area contributed by atoms with Gasteiger partial charge < -0.3 is 19.6 Å². The maximum Gasteiger partial charge on any atom is 0.234 e. The van der Waals surface area contributed by atoms with E-state index in [4.69, 9.17) is 32.7 Å². The normalized spacial score (nSPS) is 11.5. The number of carbonyl (C=O) groups excluding carboxylic acids is 2. The summed E-state index contributed by atoms with van der Waals surface area (Å²) in [4.78, 5) is 23.7. The molecule has 1 atom stereocenters. The number of amides is 1. The number of carbonyl (C=O) groups is 2. The molecule has 5 nitrogen and oxygen atoms in total. The van der Waals surface area contributed by atoms with Gasteiger partial charge in [0.05, 0.1) is 24.3 Å². The van der Waals surface area contributed by atoms with Crippen LogP contribution in [0, 0.1) is 0 Å². The molecule has 0 aliphatic heterocycles.